The smallest absolute Gasteiger partial charge is 0.352 e. The molecule has 0 saturated heterocycles. The largest absolute Gasteiger partial charge is 0.417 e. The van der Waals surface area contributed by atoms with Crippen LogP contribution in [0.2, 0.25) is 0 Å². The van der Waals surface area contributed by atoms with Gasteiger partial charge in [-0.3, -0.25) is 4.79 Å². The maximum atomic E-state index is 12.7. The molecule has 3 amide bonds. The normalized spacial score (nSPS) is 11.8. The molecule has 0 aliphatic carbocycles. The van der Waals surface area contributed by atoms with Crippen LogP contribution in [-0.2, 0) is 22.7 Å². The second kappa shape index (κ2) is 8.90. The van der Waals surface area contributed by atoms with Crippen molar-refractivity contribution in [2.24, 2.45) is 5.73 Å². The Morgan fingerprint density at radius 1 is 1.09 bits per heavy atom. The van der Waals surface area contributed by atoms with Crippen LogP contribution >= 0.6 is 0 Å². The summed E-state index contributed by atoms with van der Waals surface area (Å²) in [5.74, 6) is -0.965. The number of carbonyl (C=O) groups excluding carboxylic acids is 2. The van der Waals surface area contributed by atoms with E-state index < -0.39 is 33.7 Å². The number of pyridine rings is 1. The first-order chi connectivity index (χ1) is 15.4. The number of aromatic nitrogens is 3. The van der Waals surface area contributed by atoms with Gasteiger partial charge in [-0.25, -0.2) is 27.6 Å². The van der Waals surface area contributed by atoms with E-state index in [-0.39, 0.29) is 28.5 Å². The first kappa shape index (κ1) is 23.7. The highest BCUT2D eigenvalue weighted by atomic mass is 32.2. The molecule has 10 nitrogen and oxygen atoms in total. The minimum Gasteiger partial charge on any atom is -0.352 e. The molecular formula is C19H17F3N6O4S. The van der Waals surface area contributed by atoms with Gasteiger partial charge >= 0.3 is 12.2 Å². The van der Waals surface area contributed by atoms with Crippen molar-refractivity contribution >= 4 is 22.0 Å². The number of alkyl halides is 3. The number of hydrogen-bond acceptors (Lipinski definition) is 6. The molecule has 2 heterocycles. The summed E-state index contributed by atoms with van der Waals surface area (Å²) in [7, 11) is -4.24. The molecule has 0 aliphatic heterocycles. The molecule has 3 rings (SSSR count). The van der Waals surface area contributed by atoms with E-state index in [0.717, 1.165) is 23.0 Å². The van der Waals surface area contributed by atoms with Crippen molar-refractivity contribution in [1.29, 1.82) is 0 Å². The summed E-state index contributed by atoms with van der Waals surface area (Å²) in [4.78, 5) is 26.8. The number of nitrogens with two attached hydrogens (primary N) is 1. The van der Waals surface area contributed by atoms with E-state index in [1.54, 1.807) is 0 Å². The van der Waals surface area contributed by atoms with Crippen molar-refractivity contribution in [2.45, 2.75) is 24.5 Å². The number of amides is 3. The first-order valence-corrected chi connectivity index (χ1v) is 10.6. The van der Waals surface area contributed by atoms with Crippen molar-refractivity contribution in [1.82, 2.24) is 24.8 Å². The number of rotatable bonds is 6. The van der Waals surface area contributed by atoms with Gasteiger partial charge in [0.05, 0.1) is 27.9 Å². The van der Waals surface area contributed by atoms with E-state index in [4.69, 9.17) is 5.73 Å². The molecule has 0 bridgehead atoms. The Morgan fingerprint density at radius 2 is 1.76 bits per heavy atom. The van der Waals surface area contributed by atoms with Crippen LogP contribution in [0, 0.1) is 6.92 Å². The number of carbonyl (C=O) groups is 2. The molecule has 0 radical (unpaired) electrons. The van der Waals surface area contributed by atoms with Crippen LogP contribution in [0.1, 0.15) is 27.2 Å². The second-order valence-electron chi connectivity index (χ2n) is 6.75. The van der Waals surface area contributed by atoms with Crippen LogP contribution in [0.15, 0.2) is 53.7 Å². The highest BCUT2D eigenvalue weighted by Crippen LogP contribution is 2.28. The maximum absolute atomic E-state index is 12.7. The lowest BCUT2D eigenvalue weighted by Crippen LogP contribution is -2.31. The Balaban J connectivity index is 1.76. The monoisotopic (exact) mass is 482 g/mol. The van der Waals surface area contributed by atoms with Crippen molar-refractivity contribution in [3.05, 3.63) is 71.2 Å². The Morgan fingerprint density at radius 3 is 2.30 bits per heavy atom. The Kier molecular flexibility index (Phi) is 6.39. The van der Waals surface area contributed by atoms with Crippen LogP contribution in [0.3, 0.4) is 0 Å². The third-order valence-electron chi connectivity index (χ3n) is 4.47. The molecule has 3 aromatic rings. The third kappa shape index (κ3) is 5.46. The molecule has 0 spiro atoms. The Labute approximate surface area is 185 Å². The van der Waals surface area contributed by atoms with Gasteiger partial charge in [0.1, 0.15) is 0 Å². The van der Waals surface area contributed by atoms with Crippen molar-refractivity contribution in [3.63, 3.8) is 0 Å². The van der Waals surface area contributed by atoms with E-state index in [0.29, 0.717) is 11.8 Å². The van der Waals surface area contributed by atoms with Gasteiger partial charge in [-0.2, -0.15) is 18.3 Å². The van der Waals surface area contributed by atoms with Crippen LogP contribution in [-0.4, -0.2) is 35.1 Å². The van der Waals surface area contributed by atoms with E-state index in [9.17, 15) is 31.2 Å². The number of halogens is 3. The molecule has 4 N–H and O–H groups in total. The number of urea groups is 1. The van der Waals surface area contributed by atoms with E-state index in [1.807, 2.05) is 4.72 Å². The van der Waals surface area contributed by atoms with Gasteiger partial charge < -0.3 is 11.1 Å². The average Bonchev–Trinajstić information content (AvgIpc) is 3.13. The molecule has 174 valence electrons. The molecule has 33 heavy (non-hydrogen) atoms. The predicted molar refractivity (Wildman–Crippen MR) is 109 cm³/mol. The Hall–Kier alpha value is -3.94. The van der Waals surface area contributed by atoms with Gasteiger partial charge in [-0.05, 0) is 36.8 Å². The SMILES string of the molecule is Cc1c(C(=O)NS(=O)(=O)c2ccc(CNC(N)=O)cc2)cnn1-c1ccc(C(F)(F)F)cn1. The van der Waals surface area contributed by atoms with E-state index in [1.165, 1.54) is 31.2 Å². The van der Waals surface area contributed by atoms with Crippen molar-refractivity contribution in [3.8, 4) is 5.82 Å². The van der Waals surface area contributed by atoms with Gasteiger partial charge in [0.2, 0.25) is 0 Å². The quantitative estimate of drug-likeness (QED) is 0.488. The summed E-state index contributed by atoms with van der Waals surface area (Å²) in [6, 6.07) is 6.53. The minimum atomic E-state index is -4.55. The molecule has 0 aliphatic rings. The fraction of sp³-hybridized carbons (Fsp3) is 0.158. The number of sulfonamides is 1. The fourth-order valence-corrected chi connectivity index (χ4v) is 3.72. The number of hydrogen-bond donors (Lipinski definition) is 3. The molecule has 0 fully saturated rings. The number of nitrogens with zero attached hydrogens (tertiary/aromatic N) is 3. The van der Waals surface area contributed by atoms with Crippen LogP contribution in [0.25, 0.3) is 5.82 Å². The summed E-state index contributed by atoms with van der Waals surface area (Å²) in [6.45, 7) is 1.53. The zero-order valence-electron chi connectivity index (χ0n) is 16.9. The lowest BCUT2D eigenvalue weighted by atomic mass is 10.2. The highest BCUT2D eigenvalue weighted by molar-refractivity contribution is 7.90. The lowest BCUT2D eigenvalue weighted by molar-refractivity contribution is -0.137. The lowest BCUT2D eigenvalue weighted by Gasteiger charge is -2.09. The molecule has 2 aromatic heterocycles. The van der Waals surface area contributed by atoms with Gasteiger partial charge in [0.25, 0.3) is 15.9 Å². The van der Waals surface area contributed by atoms with Gasteiger partial charge in [-0.1, -0.05) is 12.1 Å². The van der Waals surface area contributed by atoms with Crippen LogP contribution < -0.4 is 15.8 Å². The highest BCUT2D eigenvalue weighted by Gasteiger charge is 2.31. The van der Waals surface area contributed by atoms with E-state index in [2.05, 4.69) is 15.4 Å². The predicted octanol–water partition coefficient (Wildman–Crippen LogP) is 1.88. The maximum Gasteiger partial charge on any atom is 0.417 e. The standard InChI is InChI=1S/C19H17F3N6O4S/c1-11-15(10-26-28(11)16-7-4-13(9-24-16)19(20,21)22)17(29)27-33(31,32)14-5-2-12(3-6-14)8-25-18(23)30/h2-7,9-10H,8H2,1H3,(H,27,29)(H3,23,25,30). The second-order valence-corrected chi connectivity index (χ2v) is 8.44. The number of primary amides is 1. The first-order valence-electron chi connectivity index (χ1n) is 9.16. The van der Waals surface area contributed by atoms with Gasteiger partial charge in [-0.15, -0.1) is 0 Å². The summed E-state index contributed by atoms with van der Waals surface area (Å²) in [5.41, 5.74) is 4.67. The zero-order valence-corrected chi connectivity index (χ0v) is 17.7. The van der Waals surface area contributed by atoms with Crippen molar-refractivity contribution in [2.75, 3.05) is 0 Å². The molecular weight excluding hydrogens is 465 g/mol. The topological polar surface area (TPSA) is 149 Å². The van der Waals surface area contributed by atoms with Crippen LogP contribution in [0.5, 0.6) is 0 Å². The van der Waals surface area contributed by atoms with Gasteiger partial charge in [0, 0.05) is 12.7 Å². The average molecular weight is 482 g/mol. The summed E-state index contributed by atoms with van der Waals surface area (Å²) >= 11 is 0. The summed E-state index contributed by atoms with van der Waals surface area (Å²) in [5, 5.41) is 6.28. The van der Waals surface area contributed by atoms with Crippen LogP contribution in [0.4, 0.5) is 18.0 Å². The summed E-state index contributed by atoms with van der Waals surface area (Å²) < 4.78 is 66.2. The molecule has 0 saturated carbocycles. The number of benzene rings is 1. The Bertz CT molecular complexity index is 1290. The third-order valence-corrected chi connectivity index (χ3v) is 5.82. The molecule has 0 unspecified atom stereocenters. The van der Waals surface area contributed by atoms with Gasteiger partial charge in [0.15, 0.2) is 5.82 Å². The number of nitrogens with one attached hydrogen (secondary N) is 2. The van der Waals surface area contributed by atoms with Crippen molar-refractivity contribution < 1.29 is 31.2 Å². The fourth-order valence-electron chi connectivity index (χ4n) is 2.75. The minimum absolute atomic E-state index is 0.0163. The molecule has 14 heteroatoms. The zero-order chi connectivity index (χ0) is 24.4. The van der Waals surface area contributed by atoms with E-state index >= 15 is 0 Å². The summed E-state index contributed by atoms with van der Waals surface area (Å²) in [6.07, 6.45) is -2.85. The molecule has 1 aromatic carbocycles. The molecule has 0 atom stereocenters.